The predicted molar refractivity (Wildman–Crippen MR) is 51.0 cm³/mol. The fourth-order valence-electron chi connectivity index (χ4n) is 1.84. The van der Waals surface area contributed by atoms with E-state index < -0.39 is 0 Å². The zero-order chi connectivity index (χ0) is 9.10. The maximum atomic E-state index is 10.7. The molecule has 0 aliphatic carbocycles. The summed E-state index contributed by atoms with van der Waals surface area (Å²) in [6.07, 6.45) is 7.23. The van der Waals surface area contributed by atoms with Gasteiger partial charge in [-0.15, -0.1) is 0 Å². The van der Waals surface area contributed by atoms with Gasteiger partial charge in [0.25, 0.3) is 0 Å². The Morgan fingerprint density at radius 1 is 1.38 bits per heavy atom. The first-order valence-electron chi connectivity index (χ1n) is 4.74. The summed E-state index contributed by atoms with van der Waals surface area (Å²) in [7, 11) is 0. The molecule has 0 unspecified atom stereocenters. The number of allylic oxidation sites excluding steroid dienone is 1. The highest BCUT2D eigenvalue weighted by Gasteiger charge is 2.18. The molecule has 1 N–H and O–H groups in total. The highest BCUT2D eigenvalue weighted by Crippen LogP contribution is 2.20. The van der Waals surface area contributed by atoms with Gasteiger partial charge in [0, 0.05) is 18.8 Å². The van der Waals surface area contributed by atoms with Gasteiger partial charge >= 0.3 is 0 Å². The smallest absolute Gasteiger partial charge is 0.166 e. The minimum Gasteiger partial charge on any atom is -0.341 e. The molecule has 3 nitrogen and oxygen atoms in total. The van der Waals surface area contributed by atoms with Crippen LogP contribution >= 0.6 is 0 Å². The van der Waals surface area contributed by atoms with E-state index in [0.29, 0.717) is 0 Å². The summed E-state index contributed by atoms with van der Waals surface area (Å²) in [5.41, 5.74) is 2.08. The topological polar surface area (TPSA) is 32.3 Å². The Labute approximate surface area is 78.1 Å². The van der Waals surface area contributed by atoms with Gasteiger partial charge in [-0.1, -0.05) is 12.2 Å². The van der Waals surface area contributed by atoms with Gasteiger partial charge < -0.3 is 10.2 Å². The van der Waals surface area contributed by atoms with E-state index in [2.05, 4.69) is 16.3 Å². The molecular weight excluding hydrogens is 164 g/mol. The first-order valence-corrected chi connectivity index (χ1v) is 4.74. The van der Waals surface area contributed by atoms with E-state index in [-0.39, 0.29) is 0 Å². The third-order valence-corrected chi connectivity index (χ3v) is 2.49. The number of nitrogens with zero attached hydrogens (tertiary/aromatic N) is 1. The van der Waals surface area contributed by atoms with Crippen LogP contribution in [0.3, 0.4) is 0 Å². The molecular formula is C10H14N2O. The fourth-order valence-corrected chi connectivity index (χ4v) is 1.84. The standard InChI is InChI=1S/C10H14N2O/c13-8-10-4-2-6-12(10)9-3-1-5-11-7-9/h3-4,8,11H,1-2,5-7H2. The number of carbonyl (C=O) groups excluding carboxylic acids is 1. The third-order valence-electron chi connectivity index (χ3n) is 2.49. The van der Waals surface area contributed by atoms with Crippen molar-refractivity contribution >= 4 is 6.29 Å². The Balaban J connectivity index is 2.11. The van der Waals surface area contributed by atoms with Gasteiger partial charge in [-0.25, -0.2) is 0 Å². The van der Waals surface area contributed by atoms with Crippen molar-refractivity contribution in [2.75, 3.05) is 19.6 Å². The molecule has 0 radical (unpaired) electrons. The van der Waals surface area contributed by atoms with Crippen LogP contribution in [0.15, 0.2) is 23.5 Å². The average Bonchev–Trinajstić information content (AvgIpc) is 2.67. The molecule has 2 aliphatic heterocycles. The molecule has 0 spiro atoms. The van der Waals surface area contributed by atoms with E-state index in [1.807, 2.05) is 6.08 Å². The number of aldehydes is 1. The van der Waals surface area contributed by atoms with E-state index in [1.54, 1.807) is 0 Å². The summed E-state index contributed by atoms with van der Waals surface area (Å²) in [6, 6.07) is 0. The minimum absolute atomic E-state index is 0.829. The summed E-state index contributed by atoms with van der Waals surface area (Å²) in [5, 5.41) is 3.30. The van der Waals surface area contributed by atoms with Crippen LogP contribution in [-0.4, -0.2) is 30.8 Å². The molecule has 0 bridgehead atoms. The lowest BCUT2D eigenvalue weighted by molar-refractivity contribution is -0.105. The van der Waals surface area contributed by atoms with E-state index in [4.69, 9.17) is 0 Å². The van der Waals surface area contributed by atoms with Crippen molar-refractivity contribution in [1.29, 1.82) is 0 Å². The molecule has 2 heterocycles. The molecule has 0 fully saturated rings. The Kier molecular flexibility index (Phi) is 2.45. The maximum Gasteiger partial charge on any atom is 0.166 e. The lowest BCUT2D eigenvalue weighted by atomic mass is 10.2. The second kappa shape index (κ2) is 3.75. The quantitative estimate of drug-likeness (QED) is 0.630. The van der Waals surface area contributed by atoms with E-state index >= 15 is 0 Å². The zero-order valence-corrected chi connectivity index (χ0v) is 7.62. The van der Waals surface area contributed by atoms with Crippen molar-refractivity contribution in [2.24, 2.45) is 0 Å². The molecule has 0 amide bonds. The van der Waals surface area contributed by atoms with E-state index in [1.165, 1.54) is 5.70 Å². The molecule has 0 aromatic rings. The van der Waals surface area contributed by atoms with Gasteiger partial charge in [0.2, 0.25) is 0 Å². The van der Waals surface area contributed by atoms with Crippen molar-refractivity contribution in [1.82, 2.24) is 10.2 Å². The lowest BCUT2D eigenvalue weighted by Crippen LogP contribution is -2.31. The second-order valence-electron chi connectivity index (χ2n) is 3.35. The molecule has 0 atom stereocenters. The Hall–Kier alpha value is -1.09. The predicted octanol–water partition coefficient (Wildman–Crippen LogP) is 0.652. The third kappa shape index (κ3) is 1.65. The van der Waals surface area contributed by atoms with Crippen LogP contribution in [0.1, 0.15) is 12.8 Å². The lowest BCUT2D eigenvalue weighted by Gasteiger charge is -2.25. The molecule has 0 aromatic heterocycles. The Morgan fingerprint density at radius 2 is 2.31 bits per heavy atom. The number of hydrogen-bond donors (Lipinski definition) is 1. The zero-order valence-electron chi connectivity index (χ0n) is 7.62. The van der Waals surface area contributed by atoms with Crippen molar-refractivity contribution in [3.05, 3.63) is 23.5 Å². The molecule has 2 rings (SSSR count). The van der Waals surface area contributed by atoms with E-state index in [0.717, 1.165) is 44.5 Å². The summed E-state index contributed by atoms with van der Waals surface area (Å²) in [4.78, 5) is 12.8. The largest absolute Gasteiger partial charge is 0.341 e. The number of carbonyl (C=O) groups is 1. The molecule has 3 heteroatoms. The van der Waals surface area contributed by atoms with Crippen LogP contribution in [0, 0.1) is 0 Å². The van der Waals surface area contributed by atoms with Crippen molar-refractivity contribution in [3.8, 4) is 0 Å². The van der Waals surface area contributed by atoms with Gasteiger partial charge in [0.1, 0.15) is 0 Å². The highest BCUT2D eigenvalue weighted by atomic mass is 16.1. The molecule has 0 aromatic carbocycles. The Bertz CT molecular complexity index is 268. The minimum atomic E-state index is 0.829. The average molecular weight is 178 g/mol. The first-order chi connectivity index (χ1) is 6.42. The normalized spacial score (nSPS) is 22.6. The van der Waals surface area contributed by atoms with Crippen LogP contribution in [0.2, 0.25) is 0 Å². The van der Waals surface area contributed by atoms with Crippen LogP contribution in [0.25, 0.3) is 0 Å². The molecule has 13 heavy (non-hydrogen) atoms. The highest BCUT2D eigenvalue weighted by molar-refractivity contribution is 5.73. The molecule has 0 saturated heterocycles. The number of hydrogen-bond acceptors (Lipinski definition) is 3. The van der Waals surface area contributed by atoms with E-state index in [9.17, 15) is 4.79 Å². The molecule has 70 valence electrons. The van der Waals surface area contributed by atoms with Crippen LogP contribution in [0.4, 0.5) is 0 Å². The van der Waals surface area contributed by atoms with Crippen LogP contribution < -0.4 is 5.32 Å². The number of rotatable bonds is 2. The van der Waals surface area contributed by atoms with Crippen LogP contribution in [0.5, 0.6) is 0 Å². The maximum absolute atomic E-state index is 10.7. The summed E-state index contributed by atoms with van der Waals surface area (Å²) in [5.74, 6) is 0. The monoisotopic (exact) mass is 178 g/mol. The molecule has 2 aliphatic rings. The number of nitrogens with one attached hydrogen (secondary N) is 1. The van der Waals surface area contributed by atoms with Crippen molar-refractivity contribution in [2.45, 2.75) is 12.8 Å². The van der Waals surface area contributed by atoms with Gasteiger partial charge in [0.05, 0.1) is 5.70 Å². The van der Waals surface area contributed by atoms with Gasteiger partial charge in [-0.2, -0.15) is 0 Å². The molecule has 0 saturated carbocycles. The summed E-state index contributed by atoms with van der Waals surface area (Å²) in [6.45, 7) is 2.91. The van der Waals surface area contributed by atoms with Crippen LogP contribution in [-0.2, 0) is 4.79 Å². The first kappa shape index (κ1) is 8.51. The second-order valence-corrected chi connectivity index (χ2v) is 3.35. The van der Waals surface area contributed by atoms with Crippen molar-refractivity contribution in [3.63, 3.8) is 0 Å². The fraction of sp³-hybridized carbons (Fsp3) is 0.500. The summed E-state index contributed by atoms with van der Waals surface area (Å²) < 4.78 is 0. The SMILES string of the molecule is O=CC1=CCCN1C1=CCCNC1. The Morgan fingerprint density at radius 3 is 3.00 bits per heavy atom. The van der Waals surface area contributed by atoms with Gasteiger partial charge in [0.15, 0.2) is 6.29 Å². The van der Waals surface area contributed by atoms with Gasteiger partial charge in [-0.3, -0.25) is 4.79 Å². The van der Waals surface area contributed by atoms with Crippen molar-refractivity contribution < 1.29 is 4.79 Å². The summed E-state index contributed by atoms with van der Waals surface area (Å²) >= 11 is 0. The van der Waals surface area contributed by atoms with Gasteiger partial charge in [-0.05, 0) is 19.4 Å².